The van der Waals surface area contributed by atoms with Crippen molar-refractivity contribution in [3.8, 4) is 0 Å². The molecule has 6 heteroatoms. The van der Waals surface area contributed by atoms with Crippen LogP contribution in [0.5, 0.6) is 0 Å². The van der Waals surface area contributed by atoms with Crippen molar-refractivity contribution < 1.29 is 0 Å². The molecule has 104 valence electrons. The lowest BCUT2D eigenvalue weighted by atomic mass is 10.3. The number of halogens is 2. The van der Waals surface area contributed by atoms with Crippen LogP contribution in [0, 0.1) is 6.92 Å². The lowest BCUT2D eigenvalue weighted by Crippen LogP contribution is -2.19. The van der Waals surface area contributed by atoms with Crippen molar-refractivity contribution in [3.05, 3.63) is 36.7 Å². The second-order valence-corrected chi connectivity index (χ2v) is 7.68. The molecule has 0 atom stereocenters. The van der Waals surface area contributed by atoms with E-state index in [0.717, 1.165) is 29.8 Å². The summed E-state index contributed by atoms with van der Waals surface area (Å²) in [7, 11) is 2.14. The fourth-order valence-corrected chi connectivity index (χ4v) is 3.68. The highest BCUT2D eigenvalue weighted by atomic mass is 79.9. The van der Waals surface area contributed by atoms with E-state index in [1.54, 1.807) is 11.3 Å². The van der Waals surface area contributed by atoms with Crippen LogP contribution in [0.1, 0.15) is 23.9 Å². The van der Waals surface area contributed by atoms with Gasteiger partial charge in [0.2, 0.25) is 0 Å². The van der Waals surface area contributed by atoms with Crippen LogP contribution in [-0.2, 0) is 19.6 Å². The van der Waals surface area contributed by atoms with Gasteiger partial charge in [-0.05, 0) is 69.8 Å². The molecule has 0 bridgehead atoms. The zero-order chi connectivity index (χ0) is 14.0. The standard InChI is InChI=1S/C13H17Br2N3S/c1-4-18-11(13(15)9(2)16-18)7-17(3)6-10-5-12(14)19-8-10/h5,8H,4,6-7H2,1-3H3. The average Bonchev–Trinajstić information content (AvgIpc) is 2.87. The van der Waals surface area contributed by atoms with E-state index < -0.39 is 0 Å². The summed E-state index contributed by atoms with van der Waals surface area (Å²) >= 11 is 8.88. The van der Waals surface area contributed by atoms with Gasteiger partial charge in [0, 0.05) is 19.6 Å². The van der Waals surface area contributed by atoms with E-state index in [0.29, 0.717) is 0 Å². The summed E-state index contributed by atoms with van der Waals surface area (Å²) in [6.45, 7) is 6.90. The molecule has 0 fully saturated rings. The van der Waals surface area contributed by atoms with Crippen LogP contribution in [0.3, 0.4) is 0 Å². The minimum absolute atomic E-state index is 0.892. The first-order valence-electron chi connectivity index (χ1n) is 6.14. The van der Waals surface area contributed by atoms with E-state index in [1.165, 1.54) is 15.0 Å². The summed E-state index contributed by atoms with van der Waals surface area (Å²) < 4.78 is 4.39. The topological polar surface area (TPSA) is 21.1 Å². The first-order chi connectivity index (χ1) is 9.01. The van der Waals surface area contributed by atoms with Gasteiger partial charge in [0.1, 0.15) is 0 Å². The molecule has 0 unspecified atom stereocenters. The lowest BCUT2D eigenvalue weighted by Gasteiger charge is -2.17. The minimum atomic E-state index is 0.892. The van der Waals surface area contributed by atoms with Gasteiger partial charge in [-0.15, -0.1) is 11.3 Å². The van der Waals surface area contributed by atoms with Crippen molar-refractivity contribution in [1.82, 2.24) is 14.7 Å². The van der Waals surface area contributed by atoms with Crippen molar-refractivity contribution >= 4 is 43.2 Å². The van der Waals surface area contributed by atoms with Crippen LogP contribution in [0.25, 0.3) is 0 Å². The number of aryl methyl sites for hydroxylation is 2. The molecule has 0 spiro atoms. The third-order valence-corrected chi connectivity index (χ3v) is 5.53. The van der Waals surface area contributed by atoms with Gasteiger partial charge in [0.05, 0.1) is 19.6 Å². The molecular weight excluding hydrogens is 390 g/mol. The summed E-state index contributed by atoms with van der Waals surface area (Å²) in [5, 5.41) is 6.72. The van der Waals surface area contributed by atoms with Gasteiger partial charge >= 0.3 is 0 Å². The summed E-state index contributed by atoms with van der Waals surface area (Å²) in [4.78, 5) is 2.31. The molecule has 2 aromatic rings. The van der Waals surface area contributed by atoms with Gasteiger partial charge in [0.25, 0.3) is 0 Å². The van der Waals surface area contributed by atoms with E-state index in [2.05, 4.69) is 72.0 Å². The van der Waals surface area contributed by atoms with Gasteiger partial charge in [-0.3, -0.25) is 9.58 Å². The molecular formula is C13H17Br2N3S. The molecule has 0 N–H and O–H groups in total. The number of hydrogen-bond donors (Lipinski definition) is 0. The first kappa shape index (κ1) is 15.2. The molecule has 0 aliphatic rings. The number of nitrogens with zero attached hydrogens (tertiary/aromatic N) is 3. The zero-order valence-electron chi connectivity index (χ0n) is 11.3. The molecule has 0 aliphatic carbocycles. The Balaban J connectivity index is 2.08. The van der Waals surface area contributed by atoms with E-state index in [-0.39, 0.29) is 0 Å². The van der Waals surface area contributed by atoms with Gasteiger partial charge in [0.15, 0.2) is 0 Å². The number of aromatic nitrogens is 2. The van der Waals surface area contributed by atoms with Gasteiger partial charge in [-0.2, -0.15) is 5.10 Å². The molecule has 0 radical (unpaired) electrons. The summed E-state index contributed by atoms with van der Waals surface area (Å²) in [5.74, 6) is 0. The maximum Gasteiger partial charge on any atom is 0.0739 e. The predicted molar refractivity (Wildman–Crippen MR) is 87.5 cm³/mol. The molecule has 19 heavy (non-hydrogen) atoms. The van der Waals surface area contributed by atoms with Crippen molar-refractivity contribution in [2.45, 2.75) is 33.5 Å². The molecule has 3 nitrogen and oxygen atoms in total. The Morgan fingerprint density at radius 3 is 2.68 bits per heavy atom. The summed E-state index contributed by atoms with van der Waals surface area (Å²) in [6, 6.07) is 2.18. The highest BCUT2D eigenvalue weighted by Gasteiger charge is 2.14. The molecule has 0 saturated heterocycles. The van der Waals surface area contributed by atoms with E-state index >= 15 is 0 Å². The maximum absolute atomic E-state index is 4.53. The Hall–Kier alpha value is -0.170. The van der Waals surface area contributed by atoms with Crippen molar-refractivity contribution in [2.24, 2.45) is 0 Å². The average molecular weight is 407 g/mol. The highest BCUT2D eigenvalue weighted by Crippen LogP contribution is 2.24. The van der Waals surface area contributed by atoms with Gasteiger partial charge < -0.3 is 0 Å². The normalized spacial score (nSPS) is 11.5. The van der Waals surface area contributed by atoms with Crippen molar-refractivity contribution in [3.63, 3.8) is 0 Å². The Kier molecular flexibility index (Phi) is 5.22. The zero-order valence-corrected chi connectivity index (χ0v) is 15.3. The fraction of sp³-hybridized carbons (Fsp3) is 0.462. The lowest BCUT2D eigenvalue weighted by molar-refractivity contribution is 0.307. The quantitative estimate of drug-likeness (QED) is 0.732. The van der Waals surface area contributed by atoms with Crippen LogP contribution in [-0.4, -0.2) is 21.7 Å². The van der Waals surface area contributed by atoms with Crippen LogP contribution < -0.4 is 0 Å². The fourth-order valence-electron chi connectivity index (χ4n) is 2.07. The van der Waals surface area contributed by atoms with Gasteiger partial charge in [-0.1, -0.05) is 0 Å². The Morgan fingerprint density at radius 2 is 2.11 bits per heavy atom. The third kappa shape index (κ3) is 3.68. The molecule has 0 aromatic carbocycles. The Labute approximate surface area is 134 Å². The monoisotopic (exact) mass is 405 g/mol. The summed E-state index contributed by atoms with van der Waals surface area (Å²) in [6.07, 6.45) is 0. The van der Waals surface area contributed by atoms with Crippen LogP contribution in [0.15, 0.2) is 19.7 Å². The second-order valence-electron chi connectivity index (χ2n) is 4.59. The highest BCUT2D eigenvalue weighted by molar-refractivity contribution is 9.11. The predicted octanol–water partition coefficient (Wildman–Crippen LogP) is 4.43. The Morgan fingerprint density at radius 1 is 1.37 bits per heavy atom. The van der Waals surface area contributed by atoms with E-state index in [4.69, 9.17) is 0 Å². The largest absolute Gasteiger partial charge is 0.296 e. The van der Waals surface area contributed by atoms with Gasteiger partial charge in [-0.25, -0.2) is 0 Å². The van der Waals surface area contributed by atoms with Crippen LogP contribution in [0.2, 0.25) is 0 Å². The van der Waals surface area contributed by atoms with Crippen LogP contribution in [0.4, 0.5) is 0 Å². The third-order valence-electron chi connectivity index (χ3n) is 2.95. The Bertz CT molecular complexity index is 562. The van der Waals surface area contributed by atoms with Crippen molar-refractivity contribution in [1.29, 1.82) is 0 Å². The maximum atomic E-state index is 4.53. The molecule has 2 aromatic heterocycles. The molecule has 2 heterocycles. The second kappa shape index (κ2) is 6.52. The molecule has 0 amide bonds. The molecule has 2 rings (SSSR count). The SMILES string of the molecule is CCn1nc(C)c(Br)c1CN(C)Cc1csc(Br)c1. The minimum Gasteiger partial charge on any atom is -0.296 e. The van der Waals surface area contributed by atoms with Crippen molar-refractivity contribution in [2.75, 3.05) is 7.05 Å². The summed E-state index contributed by atoms with van der Waals surface area (Å²) in [5.41, 5.74) is 3.65. The number of rotatable bonds is 5. The molecule has 0 saturated carbocycles. The smallest absolute Gasteiger partial charge is 0.0739 e. The van der Waals surface area contributed by atoms with Crippen LogP contribution >= 0.6 is 43.2 Å². The first-order valence-corrected chi connectivity index (χ1v) is 8.61. The number of hydrogen-bond acceptors (Lipinski definition) is 3. The number of thiophene rings is 1. The molecule has 0 aliphatic heterocycles. The van der Waals surface area contributed by atoms with E-state index in [1.807, 2.05) is 6.92 Å². The van der Waals surface area contributed by atoms with E-state index in [9.17, 15) is 0 Å².